The molecule has 1 saturated carbocycles. The van der Waals surface area contributed by atoms with E-state index in [1.165, 1.54) is 64.6 Å². The molecule has 112 valence electrons. The first-order valence-corrected chi connectivity index (χ1v) is 8.69. The Hall–Kier alpha value is -0.0800. The molecule has 1 N–H and O–H groups in total. The van der Waals surface area contributed by atoms with Crippen molar-refractivity contribution in [3.05, 3.63) is 0 Å². The number of rotatable bonds is 7. The van der Waals surface area contributed by atoms with Crippen molar-refractivity contribution in [3.63, 3.8) is 0 Å². The SMILES string of the molecule is CCCNC(CN1CCCC1C1CCCC1)C(C)C. The zero-order valence-electron chi connectivity index (χ0n) is 13.3. The Morgan fingerprint density at radius 2 is 1.84 bits per heavy atom. The van der Waals surface area contributed by atoms with E-state index in [0.29, 0.717) is 6.04 Å². The molecular weight excluding hydrogens is 232 g/mol. The van der Waals surface area contributed by atoms with Gasteiger partial charge in [-0.1, -0.05) is 33.6 Å². The Labute approximate surface area is 120 Å². The van der Waals surface area contributed by atoms with Gasteiger partial charge in [-0.2, -0.15) is 0 Å². The van der Waals surface area contributed by atoms with E-state index < -0.39 is 0 Å². The van der Waals surface area contributed by atoms with Crippen LogP contribution in [0.3, 0.4) is 0 Å². The lowest BCUT2D eigenvalue weighted by atomic mass is 9.95. The maximum absolute atomic E-state index is 3.77. The Morgan fingerprint density at radius 3 is 2.47 bits per heavy atom. The summed E-state index contributed by atoms with van der Waals surface area (Å²) in [5.74, 6) is 1.76. The first-order chi connectivity index (χ1) is 9.22. The van der Waals surface area contributed by atoms with Gasteiger partial charge in [0.25, 0.3) is 0 Å². The highest BCUT2D eigenvalue weighted by molar-refractivity contribution is 4.89. The zero-order valence-corrected chi connectivity index (χ0v) is 13.3. The van der Waals surface area contributed by atoms with E-state index in [4.69, 9.17) is 0 Å². The average molecular weight is 266 g/mol. The molecule has 1 aliphatic carbocycles. The third-order valence-electron chi connectivity index (χ3n) is 5.25. The van der Waals surface area contributed by atoms with Crippen molar-refractivity contribution in [2.75, 3.05) is 19.6 Å². The van der Waals surface area contributed by atoms with E-state index in [2.05, 4.69) is 31.0 Å². The minimum atomic E-state index is 0.682. The molecule has 0 aromatic rings. The number of hydrogen-bond acceptors (Lipinski definition) is 2. The molecule has 2 rings (SSSR count). The lowest BCUT2D eigenvalue weighted by molar-refractivity contribution is 0.160. The molecule has 0 aromatic heterocycles. The number of hydrogen-bond donors (Lipinski definition) is 1. The second-order valence-electron chi connectivity index (χ2n) is 7.05. The van der Waals surface area contributed by atoms with Crippen LogP contribution >= 0.6 is 0 Å². The predicted octanol–water partition coefficient (Wildman–Crippen LogP) is 3.67. The van der Waals surface area contributed by atoms with Crippen molar-refractivity contribution in [1.82, 2.24) is 10.2 Å². The molecule has 19 heavy (non-hydrogen) atoms. The van der Waals surface area contributed by atoms with Gasteiger partial charge in [-0.3, -0.25) is 4.90 Å². The first-order valence-electron chi connectivity index (χ1n) is 8.69. The summed E-state index contributed by atoms with van der Waals surface area (Å²) in [5.41, 5.74) is 0. The zero-order chi connectivity index (χ0) is 13.7. The van der Waals surface area contributed by atoms with Gasteiger partial charge in [0, 0.05) is 18.6 Å². The number of nitrogens with one attached hydrogen (secondary N) is 1. The summed E-state index contributed by atoms with van der Waals surface area (Å²) in [7, 11) is 0. The van der Waals surface area contributed by atoms with E-state index in [0.717, 1.165) is 17.9 Å². The van der Waals surface area contributed by atoms with E-state index in [1.807, 2.05) is 0 Å². The summed E-state index contributed by atoms with van der Waals surface area (Å²) >= 11 is 0. The van der Waals surface area contributed by atoms with Gasteiger partial charge >= 0.3 is 0 Å². The highest BCUT2D eigenvalue weighted by Crippen LogP contribution is 2.35. The fourth-order valence-electron chi connectivity index (χ4n) is 4.05. The van der Waals surface area contributed by atoms with Crippen LogP contribution in [0.1, 0.15) is 65.7 Å². The van der Waals surface area contributed by atoms with Gasteiger partial charge in [0.1, 0.15) is 0 Å². The molecule has 1 heterocycles. The van der Waals surface area contributed by atoms with E-state index in [9.17, 15) is 0 Å². The molecule has 0 bridgehead atoms. The molecule has 0 aromatic carbocycles. The van der Waals surface area contributed by atoms with Crippen LogP contribution in [0.2, 0.25) is 0 Å². The molecule has 2 fully saturated rings. The van der Waals surface area contributed by atoms with Crippen molar-refractivity contribution >= 4 is 0 Å². The number of nitrogens with zero attached hydrogens (tertiary/aromatic N) is 1. The van der Waals surface area contributed by atoms with Gasteiger partial charge in [-0.15, -0.1) is 0 Å². The predicted molar refractivity (Wildman–Crippen MR) is 83.5 cm³/mol. The van der Waals surface area contributed by atoms with Crippen LogP contribution in [0.5, 0.6) is 0 Å². The molecular formula is C17H34N2. The van der Waals surface area contributed by atoms with Gasteiger partial charge in [0.15, 0.2) is 0 Å². The molecule has 2 atom stereocenters. The Balaban J connectivity index is 1.87. The van der Waals surface area contributed by atoms with Crippen LogP contribution in [0.4, 0.5) is 0 Å². The van der Waals surface area contributed by atoms with Gasteiger partial charge in [-0.25, -0.2) is 0 Å². The largest absolute Gasteiger partial charge is 0.312 e. The normalized spacial score (nSPS) is 27.5. The highest BCUT2D eigenvalue weighted by Gasteiger charge is 2.34. The second kappa shape index (κ2) is 7.64. The van der Waals surface area contributed by atoms with Crippen molar-refractivity contribution in [1.29, 1.82) is 0 Å². The van der Waals surface area contributed by atoms with Gasteiger partial charge in [0.2, 0.25) is 0 Å². The maximum atomic E-state index is 3.77. The van der Waals surface area contributed by atoms with E-state index in [-0.39, 0.29) is 0 Å². The average Bonchev–Trinajstić information content (AvgIpc) is 3.04. The fraction of sp³-hybridized carbons (Fsp3) is 1.00. The van der Waals surface area contributed by atoms with E-state index >= 15 is 0 Å². The van der Waals surface area contributed by atoms with Crippen molar-refractivity contribution < 1.29 is 0 Å². The van der Waals surface area contributed by atoms with Crippen LogP contribution in [0, 0.1) is 11.8 Å². The Kier molecular flexibility index (Phi) is 6.15. The smallest absolute Gasteiger partial charge is 0.0218 e. The van der Waals surface area contributed by atoms with Gasteiger partial charge in [0.05, 0.1) is 0 Å². The molecule has 1 aliphatic heterocycles. The monoisotopic (exact) mass is 266 g/mol. The highest BCUT2D eigenvalue weighted by atomic mass is 15.2. The molecule has 1 saturated heterocycles. The first kappa shape index (κ1) is 15.3. The summed E-state index contributed by atoms with van der Waals surface area (Å²) in [6.45, 7) is 10.8. The van der Waals surface area contributed by atoms with Crippen LogP contribution in [0.25, 0.3) is 0 Å². The lowest BCUT2D eigenvalue weighted by Gasteiger charge is -2.34. The topological polar surface area (TPSA) is 15.3 Å². The van der Waals surface area contributed by atoms with Crippen molar-refractivity contribution in [2.45, 2.75) is 77.8 Å². The van der Waals surface area contributed by atoms with Crippen LogP contribution in [-0.2, 0) is 0 Å². The minimum absolute atomic E-state index is 0.682. The standard InChI is InChI=1S/C17H34N2/c1-4-11-18-16(14(2)3)13-19-12-7-10-17(19)15-8-5-6-9-15/h14-18H,4-13H2,1-3H3. The molecule has 2 heteroatoms. The molecule has 2 aliphatic rings. The third kappa shape index (κ3) is 4.19. The van der Waals surface area contributed by atoms with Crippen molar-refractivity contribution in [2.24, 2.45) is 11.8 Å². The Bertz CT molecular complexity index is 246. The summed E-state index contributed by atoms with van der Waals surface area (Å²) < 4.78 is 0. The van der Waals surface area contributed by atoms with Crippen LogP contribution in [0.15, 0.2) is 0 Å². The van der Waals surface area contributed by atoms with Crippen molar-refractivity contribution in [3.8, 4) is 0 Å². The van der Waals surface area contributed by atoms with Gasteiger partial charge in [-0.05, 0) is 57.0 Å². The lowest BCUT2D eigenvalue weighted by Crippen LogP contribution is -2.47. The van der Waals surface area contributed by atoms with Crippen LogP contribution in [-0.4, -0.2) is 36.6 Å². The fourth-order valence-corrected chi connectivity index (χ4v) is 4.05. The molecule has 0 spiro atoms. The minimum Gasteiger partial charge on any atom is -0.312 e. The molecule has 2 unspecified atom stereocenters. The number of likely N-dealkylation sites (tertiary alicyclic amines) is 1. The molecule has 0 radical (unpaired) electrons. The third-order valence-corrected chi connectivity index (χ3v) is 5.25. The quantitative estimate of drug-likeness (QED) is 0.756. The molecule has 2 nitrogen and oxygen atoms in total. The van der Waals surface area contributed by atoms with E-state index in [1.54, 1.807) is 0 Å². The van der Waals surface area contributed by atoms with Crippen LogP contribution < -0.4 is 5.32 Å². The summed E-state index contributed by atoms with van der Waals surface area (Å²) in [6.07, 6.45) is 10.1. The summed E-state index contributed by atoms with van der Waals surface area (Å²) in [5, 5.41) is 3.77. The molecule has 0 amide bonds. The summed E-state index contributed by atoms with van der Waals surface area (Å²) in [4.78, 5) is 2.82. The van der Waals surface area contributed by atoms with Gasteiger partial charge < -0.3 is 5.32 Å². The maximum Gasteiger partial charge on any atom is 0.0218 e. The Morgan fingerprint density at radius 1 is 1.11 bits per heavy atom. The second-order valence-corrected chi connectivity index (χ2v) is 7.05. The summed E-state index contributed by atoms with van der Waals surface area (Å²) in [6, 6.07) is 1.59.